The summed E-state index contributed by atoms with van der Waals surface area (Å²) < 4.78 is 27.4. The zero-order valence-electron chi connectivity index (χ0n) is 17.7. The molecule has 0 bridgehead atoms. The minimum atomic E-state index is -0.496. The molecule has 1 atom stereocenters. The number of carbonyl (C=O) groups excluding carboxylic acids is 2. The zero-order valence-corrected chi connectivity index (χ0v) is 17.7. The molecule has 0 aliphatic carbocycles. The van der Waals surface area contributed by atoms with E-state index in [1.165, 1.54) is 59.6 Å². The lowest BCUT2D eigenvalue weighted by atomic mass is 10.0. The number of amides is 2. The highest BCUT2D eigenvalue weighted by atomic mass is 19.1. The second-order valence-corrected chi connectivity index (χ2v) is 7.33. The van der Waals surface area contributed by atoms with Gasteiger partial charge < -0.3 is 14.8 Å². The van der Waals surface area contributed by atoms with E-state index in [4.69, 9.17) is 0 Å². The lowest BCUT2D eigenvalue weighted by Gasteiger charge is -2.28. The molecular weight excluding hydrogens is 416 g/mol. The van der Waals surface area contributed by atoms with Crippen LogP contribution in [-0.2, 0) is 11.3 Å². The number of rotatable bonds is 7. The smallest absolute Gasteiger partial charge is 0.257 e. The normalized spacial score (nSPS) is 11.6. The molecule has 1 aromatic heterocycles. The number of hydrogen-bond acceptors (Lipinski definition) is 3. The van der Waals surface area contributed by atoms with Crippen molar-refractivity contribution in [3.8, 4) is 0 Å². The van der Waals surface area contributed by atoms with E-state index in [0.717, 1.165) is 10.1 Å². The van der Waals surface area contributed by atoms with Crippen molar-refractivity contribution in [2.24, 2.45) is 0 Å². The minimum Gasteiger partial charge on any atom is -0.337 e. The molecule has 0 aliphatic rings. The number of benzene rings is 2. The van der Waals surface area contributed by atoms with E-state index < -0.39 is 17.3 Å². The molecule has 2 aromatic carbocycles. The van der Waals surface area contributed by atoms with Gasteiger partial charge in [0.1, 0.15) is 18.2 Å². The second-order valence-electron chi connectivity index (χ2n) is 7.33. The molecule has 0 unspecified atom stereocenters. The molecule has 8 heteroatoms. The molecule has 2 amide bonds. The summed E-state index contributed by atoms with van der Waals surface area (Å²) in [7, 11) is 1.62. The molecule has 32 heavy (non-hydrogen) atoms. The molecule has 0 fully saturated rings. The average molecular weight is 439 g/mol. The van der Waals surface area contributed by atoms with Crippen LogP contribution >= 0.6 is 0 Å². The van der Waals surface area contributed by atoms with E-state index >= 15 is 0 Å². The third-order valence-corrected chi connectivity index (χ3v) is 5.16. The Bertz CT molecular complexity index is 1160. The summed E-state index contributed by atoms with van der Waals surface area (Å²) in [5.74, 6) is -1.62. The first kappa shape index (κ1) is 22.9. The molecule has 166 valence electrons. The van der Waals surface area contributed by atoms with Gasteiger partial charge in [0.15, 0.2) is 0 Å². The van der Waals surface area contributed by atoms with Gasteiger partial charge in [0.05, 0.1) is 11.6 Å². The van der Waals surface area contributed by atoms with E-state index in [9.17, 15) is 23.2 Å². The Hall–Kier alpha value is -3.81. The Kier molecular flexibility index (Phi) is 7.14. The predicted octanol–water partition coefficient (Wildman–Crippen LogP) is 3.99. The van der Waals surface area contributed by atoms with Crippen molar-refractivity contribution in [1.29, 1.82) is 0 Å². The molecule has 1 N–H and O–H groups in total. The quantitative estimate of drug-likeness (QED) is 0.605. The van der Waals surface area contributed by atoms with Crippen LogP contribution in [0.15, 0.2) is 71.7 Å². The van der Waals surface area contributed by atoms with Crippen LogP contribution in [0.2, 0.25) is 0 Å². The van der Waals surface area contributed by atoms with Crippen LogP contribution < -0.4 is 10.9 Å². The first-order valence-corrected chi connectivity index (χ1v) is 10.1. The molecule has 0 spiro atoms. The number of halogens is 2. The third-order valence-electron chi connectivity index (χ3n) is 5.16. The molecule has 0 saturated heterocycles. The van der Waals surface area contributed by atoms with Crippen molar-refractivity contribution in [3.63, 3.8) is 0 Å². The highest BCUT2D eigenvalue weighted by Gasteiger charge is 2.21. The molecule has 0 saturated carbocycles. The SMILES string of the molecule is CC[C@H](c1ccc(F)cc1)N(C)C(=O)Cn1cc(C(=O)Nc2ccc(F)cc2)ccc1=O. The third kappa shape index (κ3) is 5.46. The van der Waals surface area contributed by atoms with Crippen LogP contribution in [0.25, 0.3) is 0 Å². The first-order valence-electron chi connectivity index (χ1n) is 10.1. The van der Waals surface area contributed by atoms with Gasteiger partial charge in [-0.15, -0.1) is 0 Å². The number of likely N-dealkylation sites (N-methyl/N-ethyl adjacent to an activating group) is 1. The number of nitrogens with one attached hydrogen (secondary N) is 1. The Morgan fingerprint density at radius 1 is 0.969 bits per heavy atom. The van der Waals surface area contributed by atoms with Crippen LogP contribution in [0.5, 0.6) is 0 Å². The topological polar surface area (TPSA) is 71.4 Å². The maximum Gasteiger partial charge on any atom is 0.257 e. The molecule has 3 rings (SSSR count). The summed E-state index contributed by atoms with van der Waals surface area (Å²) in [6, 6.07) is 13.5. The van der Waals surface area contributed by atoms with Crippen molar-refractivity contribution < 1.29 is 18.4 Å². The van der Waals surface area contributed by atoms with Crippen LogP contribution in [0.3, 0.4) is 0 Å². The van der Waals surface area contributed by atoms with Crippen LogP contribution in [0.1, 0.15) is 35.3 Å². The van der Waals surface area contributed by atoms with Gasteiger partial charge in [-0.3, -0.25) is 14.4 Å². The second kappa shape index (κ2) is 10.00. The van der Waals surface area contributed by atoms with Crippen molar-refractivity contribution in [1.82, 2.24) is 9.47 Å². The summed E-state index contributed by atoms with van der Waals surface area (Å²) >= 11 is 0. The summed E-state index contributed by atoms with van der Waals surface area (Å²) in [5.41, 5.74) is 0.925. The zero-order chi connectivity index (χ0) is 23.3. The van der Waals surface area contributed by atoms with Crippen LogP contribution in [0, 0.1) is 11.6 Å². The van der Waals surface area contributed by atoms with Crippen molar-refractivity contribution in [3.05, 3.63) is 100.0 Å². The lowest BCUT2D eigenvalue weighted by Crippen LogP contribution is -2.36. The van der Waals surface area contributed by atoms with Crippen molar-refractivity contribution in [2.75, 3.05) is 12.4 Å². The average Bonchev–Trinajstić information content (AvgIpc) is 2.78. The molecule has 1 heterocycles. The molecule has 6 nitrogen and oxygen atoms in total. The summed E-state index contributed by atoms with van der Waals surface area (Å²) in [4.78, 5) is 39.1. The van der Waals surface area contributed by atoms with E-state index in [0.29, 0.717) is 12.1 Å². The first-order chi connectivity index (χ1) is 15.3. The summed E-state index contributed by atoms with van der Waals surface area (Å²) in [6.07, 6.45) is 1.91. The molecule has 3 aromatic rings. The van der Waals surface area contributed by atoms with Gasteiger partial charge in [-0.05, 0) is 54.4 Å². The summed E-state index contributed by atoms with van der Waals surface area (Å²) in [6.45, 7) is 1.65. The number of aromatic nitrogens is 1. The van der Waals surface area contributed by atoms with Gasteiger partial charge in [-0.25, -0.2) is 8.78 Å². The number of hydrogen-bond donors (Lipinski definition) is 1. The van der Waals surface area contributed by atoms with E-state index in [-0.39, 0.29) is 29.9 Å². The van der Waals surface area contributed by atoms with Gasteiger partial charge in [0.25, 0.3) is 11.5 Å². The van der Waals surface area contributed by atoms with Gasteiger partial charge in [-0.2, -0.15) is 0 Å². The lowest BCUT2D eigenvalue weighted by molar-refractivity contribution is -0.132. The molecule has 0 aliphatic heterocycles. The Labute approximate surface area is 184 Å². The molecule has 0 radical (unpaired) electrons. The van der Waals surface area contributed by atoms with Crippen molar-refractivity contribution in [2.45, 2.75) is 25.9 Å². The van der Waals surface area contributed by atoms with E-state index in [1.807, 2.05) is 6.92 Å². The standard InChI is InChI=1S/C24H23F2N3O3/c1-3-21(16-4-7-18(25)8-5-16)28(2)23(31)15-29-14-17(6-13-22(29)30)24(32)27-20-11-9-19(26)10-12-20/h4-14,21H,3,15H2,1-2H3,(H,27,32)/t21-/m1/s1. The predicted molar refractivity (Wildman–Crippen MR) is 117 cm³/mol. The van der Waals surface area contributed by atoms with E-state index in [2.05, 4.69) is 5.32 Å². The monoisotopic (exact) mass is 439 g/mol. The minimum absolute atomic E-state index is 0.176. The Balaban J connectivity index is 1.75. The van der Waals surface area contributed by atoms with E-state index in [1.54, 1.807) is 19.2 Å². The number of pyridine rings is 1. The van der Waals surface area contributed by atoms with Gasteiger partial charge in [0.2, 0.25) is 5.91 Å². The summed E-state index contributed by atoms with van der Waals surface area (Å²) in [5, 5.41) is 2.61. The Morgan fingerprint density at radius 2 is 1.56 bits per heavy atom. The fraction of sp³-hybridized carbons (Fsp3) is 0.208. The number of anilines is 1. The maximum atomic E-state index is 13.2. The highest BCUT2D eigenvalue weighted by Crippen LogP contribution is 2.23. The number of nitrogens with zero attached hydrogens (tertiary/aromatic N) is 2. The van der Waals surface area contributed by atoms with Crippen LogP contribution in [-0.4, -0.2) is 28.3 Å². The van der Waals surface area contributed by atoms with Crippen LogP contribution in [0.4, 0.5) is 14.5 Å². The van der Waals surface area contributed by atoms with Crippen molar-refractivity contribution >= 4 is 17.5 Å². The fourth-order valence-corrected chi connectivity index (χ4v) is 3.37. The highest BCUT2D eigenvalue weighted by molar-refractivity contribution is 6.04. The largest absolute Gasteiger partial charge is 0.337 e. The Morgan fingerprint density at radius 3 is 2.16 bits per heavy atom. The maximum absolute atomic E-state index is 13.2. The van der Waals surface area contributed by atoms with Gasteiger partial charge >= 0.3 is 0 Å². The number of carbonyl (C=O) groups is 2. The van der Waals surface area contributed by atoms with Gasteiger partial charge in [0, 0.05) is 25.0 Å². The fourth-order valence-electron chi connectivity index (χ4n) is 3.37. The van der Waals surface area contributed by atoms with Gasteiger partial charge in [-0.1, -0.05) is 19.1 Å². The molecular formula is C24H23F2N3O3.